The highest BCUT2D eigenvalue weighted by Gasteiger charge is 2.04. The summed E-state index contributed by atoms with van der Waals surface area (Å²) >= 11 is 5.13. The van der Waals surface area contributed by atoms with Crippen molar-refractivity contribution in [2.24, 2.45) is 0 Å². The van der Waals surface area contributed by atoms with E-state index in [-0.39, 0.29) is 0 Å². The van der Waals surface area contributed by atoms with Crippen molar-refractivity contribution in [3.8, 4) is 0 Å². The second-order valence-electron chi connectivity index (χ2n) is 3.20. The van der Waals surface area contributed by atoms with E-state index in [9.17, 15) is 4.79 Å². The molecule has 0 aliphatic carbocycles. The molecule has 1 aromatic heterocycles. The molecule has 4 heteroatoms. The number of hydrogen-bond donors (Lipinski definition) is 1. The van der Waals surface area contributed by atoms with Crippen LogP contribution in [-0.4, -0.2) is 11.1 Å². The van der Waals surface area contributed by atoms with Gasteiger partial charge in [-0.2, -0.15) is 0 Å². The van der Waals surface area contributed by atoms with Crippen molar-refractivity contribution in [1.29, 1.82) is 0 Å². The minimum atomic E-state index is -0.908. The topological polar surface area (TPSA) is 37.3 Å². The van der Waals surface area contributed by atoms with Crippen LogP contribution in [0.2, 0.25) is 0 Å². The number of carboxylic acid groups (broad SMARTS) is 1. The molecule has 82 valence electrons. The fourth-order valence-electron chi connectivity index (χ4n) is 1.17. The molecule has 2 nitrogen and oxygen atoms in total. The number of aryl methyl sites for hydroxylation is 1. The summed E-state index contributed by atoms with van der Waals surface area (Å²) in [5, 5.41) is 8.50. The van der Waals surface area contributed by atoms with Crippen LogP contribution in [0.5, 0.6) is 0 Å². The van der Waals surface area contributed by atoms with E-state index in [1.165, 1.54) is 23.8 Å². The predicted octanol–water partition coefficient (Wildman–Crippen LogP) is 3.95. The lowest BCUT2D eigenvalue weighted by Crippen LogP contribution is -1.84. The molecule has 0 spiro atoms. The lowest BCUT2D eigenvalue weighted by atomic mass is 10.2. The molecular formula is C11H13BrO2S. The fraction of sp³-hybridized carbons (Fsp3) is 0.364. The van der Waals surface area contributed by atoms with Crippen LogP contribution in [0, 0.1) is 0 Å². The number of thiophene rings is 1. The molecule has 0 atom stereocenters. The quantitative estimate of drug-likeness (QED) is 0.833. The van der Waals surface area contributed by atoms with E-state index in [0.29, 0.717) is 0 Å². The Morgan fingerprint density at radius 3 is 3.00 bits per heavy atom. The summed E-state index contributed by atoms with van der Waals surface area (Å²) in [5.74, 6) is -0.908. The number of halogens is 1. The van der Waals surface area contributed by atoms with Gasteiger partial charge in [-0.25, -0.2) is 4.79 Å². The number of hydrogen-bond acceptors (Lipinski definition) is 2. The molecule has 0 unspecified atom stereocenters. The Kier molecular flexibility index (Phi) is 5.05. The number of rotatable bonds is 5. The molecule has 15 heavy (non-hydrogen) atoms. The maximum absolute atomic E-state index is 10.3. The molecule has 0 saturated carbocycles. The average molecular weight is 289 g/mol. The third-order valence-corrected chi connectivity index (χ3v) is 4.05. The zero-order chi connectivity index (χ0) is 11.3. The van der Waals surface area contributed by atoms with Gasteiger partial charge < -0.3 is 5.11 Å². The molecule has 1 aromatic rings. The van der Waals surface area contributed by atoms with Gasteiger partial charge in [0.15, 0.2) is 0 Å². The SMILES string of the molecule is CCCCc1sc(C=CC(=O)O)cc1Br. The van der Waals surface area contributed by atoms with Gasteiger partial charge in [0.2, 0.25) is 0 Å². The van der Waals surface area contributed by atoms with E-state index in [2.05, 4.69) is 22.9 Å². The number of carbonyl (C=O) groups is 1. The second kappa shape index (κ2) is 6.08. The minimum Gasteiger partial charge on any atom is -0.478 e. The Labute approximate surface area is 102 Å². The Morgan fingerprint density at radius 2 is 2.40 bits per heavy atom. The van der Waals surface area contributed by atoms with Crippen molar-refractivity contribution in [1.82, 2.24) is 0 Å². The largest absolute Gasteiger partial charge is 0.478 e. The van der Waals surface area contributed by atoms with Gasteiger partial charge in [0.05, 0.1) is 0 Å². The first-order valence-electron chi connectivity index (χ1n) is 4.82. The molecular weight excluding hydrogens is 276 g/mol. The summed E-state index contributed by atoms with van der Waals surface area (Å²) in [4.78, 5) is 12.6. The van der Waals surface area contributed by atoms with E-state index in [1.807, 2.05) is 6.07 Å². The Hall–Kier alpha value is -0.610. The number of aliphatic carboxylic acids is 1. The molecule has 0 aliphatic rings. The van der Waals surface area contributed by atoms with Gasteiger partial charge in [-0.3, -0.25) is 0 Å². The highest BCUT2D eigenvalue weighted by Crippen LogP contribution is 2.29. The average Bonchev–Trinajstić information content (AvgIpc) is 2.53. The zero-order valence-corrected chi connectivity index (χ0v) is 10.9. The summed E-state index contributed by atoms with van der Waals surface area (Å²) in [6.07, 6.45) is 6.20. The normalized spacial score (nSPS) is 11.1. The van der Waals surface area contributed by atoms with Gasteiger partial charge in [0, 0.05) is 20.3 Å². The highest BCUT2D eigenvalue weighted by atomic mass is 79.9. The Balaban J connectivity index is 2.72. The fourth-order valence-corrected chi connectivity index (χ4v) is 3.01. The van der Waals surface area contributed by atoms with Crippen LogP contribution in [0.3, 0.4) is 0 Å². The number of carboxylic acids is 1. The summed E-state index contributed by atoms with van der Waals surface area (Å²) in [5.41, 5.74) is 0. The predicted molar refractivity (Wildman–Crippen MR) is 67.3 cm³/mol. The molecule has 0 bridgehead atoms. The van der Waals surface area contributed by atoms with E-state index < -0.39 is 5.97 Å². The summed E-state index contributed by atoms with van der Waals surface area (Å²) in [6.45, 7) is 2.16. The molecule has 0 radical (unpaired) electrons. The monoisotopic (exact) mass is 288 g/mol. The summed E-state index contributed by atoms with van der Waals surface area (Å²) < 4.78 is 1.09. The Morgan fingerprint density at radius 1 is 1.67 bits per heavy atom. The molecule has 1 heterocycles. The van der Waals surface area contributed by atoms with Gasteiger partial charge in [0.1, 0.15) is 0 Å². The lowest BCUT2D eigenvalue weighted by molar-refractivity contribution is -0.131. The van der Waals surface area contributed by atoms with Crippen molar-refractivity contribution < 1.29 is 9.90 Å². The highest BCUT2D eigenvalue weighted by molar-refractivity contribution is 9.10. The van der Waals surface area contributed by atoms with Crippen LogP contribution in [0.25, 0.3) is 6.08 Å². The van der Waals surface area contributed by atoms with Gasteiger partial charge in [-0.15, -0.1) is 11.3 Å². The van der Waals surface area contributed by atoms with Gasteiger partial charge in [0.25, 0.3) is 0 Å². The van der Waals surface area contributed by atoms with E-state index in [0.717, 1.165) is 15.8 Å². The standard InChI is InChI=1S/C11H13BrO2S/c1-2-3-4-10-9(12)7-8(15-10)5-6-11(13)14/h5-7H,2-4H2,1H3,(H,13,14). The van der Waals surface area contributed by atoms with Crippen LogP contribution >= 0.6 is 27.3 Å². The van der Waals surface area contributed by atoms with Crippen LogP contribution in [0.4, 0.5) is 0 Å². The first-order valence-corrected chi connectivity index (χ1v) is 6.43. The third kappa shape index (κ3) is 4.18. The van der Waals surface area contributed by atoms with E-state index in [1.54, 1.807) is 17.4 Å². The van der Waals surface area contributed by atoms with Crippen LogP contribution in [0.1, 0.15) is 29.5 Å². The summed E-state index contributed by atoms with van der Waals surface area (Å²) in [7, 11) is 0. The van der Waals surface area contributed by atoms with Crippen molar-refractivity contribution >= 4 is 39.3 Å². The molecule has 0 aliphatic heterocycles. The van der Waals surface area contributed by atoms with Gasteiger partial charge in [-0.05, 0) is 40.9 Å². The maximum Gasteiger partial charge on any atom is 0.328 e. The van der Waals surface area contributed by atoms with Crippen molar-refractivity contribution in [2.75, 3.05) is 0 Å². The minimum absolute atomic E-state index is 0.908. The van der Waals surface area contributed by atoms with Crippen molar-refractivity contribution in [3.05, 3.63) is 26.4 Å². The van der Waals surface area contributed by atoms with Crippen molar-refractivity contribution in [2.45, 2.75) is 26.2 Å². The van der Waals surface area contributed by atoms with E-state index in [4.69, 9.17) is 5.11 Å². The van der Waals surface area contributed by atoms with Gasteiger partial charge >= 0.3 is 5.97 Å². The second-order valence-corrected chi connectivity index (χ2v) is 5.22. The molecule has 0 saturated heterocycles. The van der Waals surface area contributed by atoms with Crippen LogP contribution in [-0.2, 0) is 11.2 Å². The smallest absolute Gasteiger partial charge is 0.328 e. The van der Waals surface area contributed by atoms with E-state index >= 15 is 0 Å². The first kappa shape index (κ1) is 12.5. The zero-order valence-electron chi connectivity index (χ0n) is 8.50. The molecule has 0 fully saturated rings. The number of unbranched alkanes of at least 4 members (excludes halogenated alkanes) is 1. The van der Waals surface area contributed by atoms with Crippen LogP contribution in [0.15, 0.2) is 16.6 Å². The third-order valence-electron chi connectivity index (χ3n) is 1.92. The molecule has 1 N–H and O–H groups in total. The Bertz CT molecular complexity index is 369. The molecule has 0 amide bonds. The molecule has 0 aromatic carbocycles. The van der Waals surface area contributed by atoms with Crippen molar-refractivity contribution in [3.63, 3.8) is 0 Å². The molecule has 1 rings (SSSR count). The lowest BCUT2D eigenvalue weighted by Gasteiger charge is -1.94. The maximum atomic E-state index is 10.3. The van der Waals surface area contributed by atoms with Crippen LogP contribution < -0.4 is 0 Å². The first-order chi connectivity index (χ1) is 7.13. The van der Waals surface area contributed by atoms with Gasteiger partial charge in [-0.1, -0.05) is 13.3 Å². The summed E-state index contributed by atoms with van der Waals surface area (Å²) in [6, 6.07) is 1.97.